The Morgan fingerprint density at radius 1 is 0.759 bits per heavy atom. The molecule has 54 heavy (non-hydrogen) atoms. The lowest BCUT2D eigenvalue weighted by atomic mass is 9.79. The summed E-state index contributed by atoms with van der Waals surface area (Å²) in [7, 11) is 2.99. The van der Waals surface area contributed by atoms with E-state index in [4.69, 9.17) is 0 Å². The van der Waals surface area contributed by atoms with E-state index in [9.17, 15) is 14.7 Å². The van der Waals surface area contributed by atoms with Crippen LogP contribution in [0.2, 0.25) is 0 Å². The summed E-state index contributed by atoms with van der Waals surface area (Å²) in [4.78, 5) is 29.3. The number of anilines is 1. The zero-order chi connectivity index (χ0) is 38.3. The third kappa shape index (κ3) is 5.04. The van der Waals surface area contributed by atoms with E-state index < -0.39 is 11.2 Å². The second-order valence-corrected chi connectivity index (χ2v) is 15.9. The summed E-state index contributed by atoms with van der Waals surface area (Å²) in [6.45, 7) is 15.1. The standard InChI is InChI=1S/C47H48N4O3/c1-9-50-35-25-21-29-15-11-13-17-33(29)41(35)46(3,4)37(50)27-23-31-19-20-32(39(31)40-43(52)48(7)45(54)49(8)44(40)53)24-28-38-47(5,6)42-34-18-14-12-16-30(34)22-26-36(42)51(38)10-2/h11-18,21-28H,9-10,19-20H2,1-8H3/p+1. The van der Waals surface area contributed by atoms with Crippen molar-refractivity contribution in [3.8, 4) is 5.88 Å². The predicted octanol–water partition coefficient (Wildman–Crippen LogP) is 8.92. The van der Waals surface area contributed by atoms with Crippen LogP contribution < -0.4 is 16.1 Å². The van der Waals surface area contributed by atoms with Crippen molar-refractivity contribution in [2.24, 2.45) is 14.1 Å². The van der Waals surface area contributed by atoms with E-state index in [2.05, 4.69) is 148 Å². The lowest BCUT2D eigenvalue weighted by molar-refractivity contribution is -0.433. The van der Waals surface area contributed by atoms with E-state index >= 15 is 0 Å². The Hall–Kier alpha value is -5.69. The van der Waals surface area contributed by atoms with Crippen LogP contribution in [0.1, 0.15) is 71.1 Å². The molecule has 0 amide bonds. The molecule has 2 aliphatic heterocycles. The van der Waals surface area contributed by atoms with Crippen LogP contribution in [0.5, 0.6) is 5.88 Å². The molecular formula is C47H49N4O3+. The van der Waals surface area contributed by atoms with Gasteiger partial charge in [0.15, 0.2) is 5.71 Å². The molecule has 0 bridgehead atoms. The van der Waals surface area contributed by atoms with Crippen LogP contribution in [0, 0.1) is 0 Å². The Labute approximate surface area is 316 Å². The molecule has 274 valence electrons. The van der Waals surface area contributed by atoms with E-state index in [1.54, 1.807) is 0 Å². The van der Waals surface area contributed by atoms with Crippen LogP contribution in [0.15, 0.2) is 124 Å². The molecule has 0 saturated heterocycles. The summed E-state index contributed by atoms with van der Waals surface area (Å²) in [6.07, 6.45) is 10.1. The molecular weight excluding hydrogens is 669 g/mol. The zero-order valence-electron chi connectivity index (χ0n) is 32.6. The first kappa shape index (κ1) is 35.3. The van der Waals surface area contributed by atoms with Gasteiger partial charge in [-0.15, -0.1) is 0 Å². The predicted molar refractivity (Wildman–Crippen MR) is 222 cm³/mol. The molecule has 7 heteroatoms. The van der Waals surface area contributed by atoms with Gasteiger partial charge >= 0.3 is 5.69 Å². The highest BCUT2D eigenvalue weighted by molar-refractivity contribution is 6.08. The van der Waals surface area contributed by atoms with Crippen molar-refractivity contribution in [2.45, 2.75) is 65.2 Å². The molecule has 1 aliphatic carbocycles. The van der Waals surface area contributed by atoms with Crippen LogP contribution in [0.25, 0.3) is 27.1 Å². The van der Waals surface area contributed by atoms with Gasteiger partial charge in [0.1, 0.15) is 12.1 Å². The van der Waals surface area contributed by atoms with Crippen LogP contribution in [-0.2, 0) is 24.9 Å². The monoisotopic (exact) mass is 717 g/mol. The average molecular weight is 718 g/mol. The second-order valence-electron chi connectivity index (χ2n) is 15.9. The van der Waals surface area contributed by atoms with Crippen molar-refractivity contribution in [1.82, 2.24) is 9.13 Å². The maximum Gasteiger partial charge on any atom is 0.333 e. The minimum absolute atomic E-state index is 0.158. The van der Waals surface area contributed by atoms with Gasteiger partial charge in [0.05, 0.1) is 5.41 Å². The molecule has 7 nitrogen and oxygen atoms in total. The zero-order valence-corrected chi connectivity index (χ0v) is 32.6. The van der Waals surface area contributed by atoms with E-state index in [0.717, 1.165) is 33.4 Å². The largest absolute Gasteiger partial charge is 0.494 e. The minimum atomic E-state index is -0.562. The van der Waals surface area contributed by atoms with E-state index in [-0.39, 0.29) is 22.3 Å². The molecule has 0 atom stereocenters. The van der Waals surface area contributed by atoms with Gasteiger partial charge in [-0.05, 0) is 103 Å². The maximum absolute atomic E-state index is 14.0. The Morgan fingerprint density at radius 2 is 1.41 bits per heavy atom. The lowest BCUT2D eigenvalue weighted by Crippen LogP contribution is -2.38. The van der Waals surface area contributed by atoms with Crippen LogP contribution >= 0.6 is 0 Å². The Morgan fingerprint density at radius 3 is 2.07 bits per heavy atom. The molecule has 0 unspecified atom stereocenters. The van der Waals surface area contributed by atoms with E-state index in [1.165, 1.54) is 69.6 Å². The summed E-state index contributed by atoms with van der Waals surface area (Å²) < 4.78 is 4.64. The Balaban J connectivity index is 1.30. The van der Waals surface area contributed by atoms with Gasteiger partial charge in [0.2, 0.25) is 11.6 Å². The van der Waals surface area contributed by atoms with Crippen molar-refractivity contribution in [3.05, 3.63) is 151 Å². The van der Waals surface area contributed by atoms with Gasteiger partial charge < -0.3 is 10.0 Å². The molecule has 0 saturated carbocycles. The van der Waals surface area contributed by atoms with E-state index in [0.29, 0.717) is 18.4 Å². The number of benzene rings is 4. The van der Waals surface area contributed by atoms with Crippen molar-refractivity contribution < 1.29 is 9.68 Å². The molecule has 3 heterocycles. The highest BCUT2D eigenvalue weighted by atomic mass is 16.3. The van der Waals surface area contributed by atoms with Gasteiger partial charge in [0, 0.05) is 55.1 Å². The summed E-state index contributed by atoms with van der Waals surface area (Å²) in [5.41, 5.74) is 8.55. The number of rotatable bonds is 6. The molecule has 4 aromatic carbocycles. The fourth-order valence-corrected chi connectivity index (χ4v) is 9.54. The molecule has 1 N–H and O–H groups in total. The molecule has 0 fully saturated rings. The smallest absolute Gasteiger partial charge is 0.333 e. The highest BCUT2D eigenvalue weighted by Gasteiger charge is 2.45. The number of aromatic nitrogens is 2. The topological polar surface area (TPSA) is 70.5 Å². The summed E-state index contributed by atoms with van der Waals surface area (Å²) in [5.74, 6) is -0.317. The number of allylic oxidation sites excluding steroid dienone is 8. The fraction of sp³-hybridized carbons (Fsp3) is 0.298. The van der Waals surface area contributed by atoms with Crippen molar-refractivity contribution in [2.75, 3.05) is 18.0 Å². The summed E-state index contributed by atoms with van der Waals surface area (Å²) in [5, 5.41) is 16.5. The quantitative estimate of drug-likeness (QED) is 0.178. The maximum atomic E-state index is 14.0. The summed E-state index contributed by atoms with van der Waals surface area (Å²) >= 11 is 0. The Bertz CT molecular complexity index is 2710. The number of fused-ring (bicyclic) bond motifs is 6. The number of aromatic hydroxyl groups is 1. The van der Waals surface area contributed by atoms with Gasteiger partial charge in [-0.25, -0.2) is 4.79 Å². The van der Waals surface area contributed by atoms with Gasteiger partial charge in [-0.1, -0.05) is 80.6 Å². The van der Waals surface area contributed by atoms with Crippen molar-refractivity contribution >= 4 is 44.2 Å². The minimum Gasteiger partial charge on any atom is -0.494 e. The van der Waals surface area contributed by atoms with Crippen LogP contribution in [0.3, 0.4) is 0 Å². The third-order valence-electron chi connectivity index (χ3n) is 12.2. The van der Waals surface area contributed by atoms with Crippen LogP contribution in [0.4, 0.5) is 11.4 Å². The van der Waals surface area contributed by atoms with E-state index in [1.807, 2.05) is 0 Å². The first-order valence-electron chi connectivity index (χ1n) is 19.1. The number of hydrogen-bond acceptors (Lipinski definition) is 4. The molecule has 1 aromatic heterocycles. The van der Waals surface area contributed by atoms with Crippen molar-refractivity contribution in [1.29, 1.82) is 0 Å². The SMILES string of the molecule is CCN1C(=CC=C2CCC(C=CC3=[N+](CC)c4ccc5ccccc5c4C3(C)C)=C2c2c(O)n(C)c(=O)n(C)c2=O)C(C)(C)c2c1ccc1ccccc21. The van der Waals surface area contributed by atoms with Gasteiger partial charge in [-0.2, -0.15) is 4.58 Å². The van der Waals surface area contributed by atoms with Crippen molar-refractivity contribution in [3.63, 3.8) is 0 Å². The molecule has 5 aromatic rings. The van der Waals surface area contributed by atoms with Crippen LogP contribution in [-0.4, -0.2) is 37.6 Å². The third-order valence-corrected chi connectivity index (χ3v) is 12.2. The summed E-state index contributed by atoms with van der Waals surface area (Å²) in [6, 6.07) is 26.0. The molecule has 0 radical (unpaired) electrons. The number of likely N-dealkylation sites (N-methyl/N-ethyl adjacent to an activating group) is 1. The second kappa shape index (κ2) is 12.7. The normalized spacial score (nSPS) is 19.1. The first-order chi connectivity index (χ1) is 25.8. The van der Waals surface area contributed by atoms with Gasteiger partial charge in [-0.3, -0.25) is 13.9 Å². The molecule has 0 spiro atoms. The Kier molecular flexibility index (Phi) is 8.33. The molecule has 3 aliphatic rings. The number of hydrogen-bond donors (Lipinski definition) is 1. The fourth-order valence-electron chi connectivity index (χ4n) is 9.54. The highest BCUT2D eigenvalue weighted by Crippen LogP contribution is 2.51. The lowest BCUT2D eigenvalue weighted by Gasteiger charge is -2.26. The number of nitrogens with zero attached hydrogens (tertiary/aromatic N) is 4. The first-order valence-corrected chi connectivity index (χ1v) is 19.1. The van der Waals surface area contributed by atoms with Gasteiger partial charge in [0.25, 0.3) is 5.56 Å². The average Bonchev–Trinajstić information content (AvgIpc) is 3.74. The molecule has 8 rings (SSSR count).